The summed E-state index contributed by atoms with van der Waals surface area (Å²) in [6, 6.07) is 45.4. The van der Waals surface area contributed by atoms with Gasteiger partial charge in [0.05, 0.1) is 0 Å². The topological polar surface area (TPSA) is 36.9 Å². The quantitative estimate of drug-likeness (QED) is 0.140. The Labute approximate surface area is 415 Å². The van der Waals surface area contributed by atoms with Crippen molar-refractivity contribution >= 4 is 47.7 Å². The summed E-state index contributed by atoms with van der Waals surface area (Å²) < 4.78 is 25.4. The molecule has 0 N–H and O–H groups in total. The number of hydrogen-bond donors (Lipinski definition) is 0. The van der Waals surface area contributed by atoms with E-state index in [-0.39, 0.29) is 57.9 Å². The van der Waals surface area contributed by atoms with E-state index in [4.69, 9.17) is 18.9 Å². The second kappa shape index (κ2) is 22.1. The van der Waals surface area contributed by atoms with Crippen molar-refractivity contribution in [2.24, 2.45) is 0 Å². The zero-order valence-corrected chi connectivity index (χ0v) is 44.2. The zero-order valence-electron chi connectivity index (χ0n) is 39.2. The SMILES string of the molecule is Cc1cc(C)cc(P(c2cc(C)cc(C)c2)c2ccc3c(c2-c2c(P(c4cc(C)cc(C)c4)c4cc(C)cc(C)c4)ccc4c2OCO4)OCO3)c1.Cc1ccc(C(C)C)cc1.[Cl-].[Cl-].[Ru+3]. The van der Waals surface area contributed by atoms with Crippen molar-refractivity contribution in [3.05, 3.63) is 177 Å². The minimum absolute atomic E-state index is 0. The van der Waals surface area contributed by atoms with Gasteiger partial charge in [-0.1, -0.05) is 161 Å². The van der Waals surface area contributed by atoms with Crippen LogP contribution in [-0.2, 0) is 19.5 Å². The van der Waals surface area contributed by atoms with Crippen molar-refractivity contribution in [3.63, 3.8) is 0 Å². The van der Waals surface area contributed by atoms with Crippen LogP contribution in [0.5, 0.6) is 23.0 Å². The summed E-state index contributed by atoms with van der Waals surface area (Å²) in [7, 11) is -2.11. The van der Waals surface area contributed by atoms with Crippen LogP contribution in [0.3, 0.4) is 0 Å². The fourth-order valence-electron chi connectivity index (χ4n) is 8.90. The number of ether oxygens (including phenoxy) is 4. The van der Waals surface area contributed by atoms with Gasteiger partial charge in [0.15, 0.2) is 23.0 Å². The number of halogens is 2. The van der Waals surface area contributed by atoms with E-state index in [2.05, 4.69) is 197 Å². The minimum Gasteiger partial charge on any atom is -1.00 e. The minimum atomic E-state index is -1.05. The van der Waals surface area contributed by atoms with Crippen LogP contribution in [0, 0.1) is 62.3 Å². The van der Waals surface area contributed by atoms with Crippen molar-refractivity contribution in [1.82, 2.24) is 0 Å². The molecule has 0 fully saturated rings. The summed E-state index contributed by atoms with van der Waals surface area (Å²) >= 11 is 0. The Morgan fingerprint density at radius 1 is 0.369 bits per heavy atom. The van der Waals surface area contributed by atoms with Gasteiger partial charge in [0.25, 0.3) is 0 Å². The van der Waals surface area contributed by atoms with Crippen molar-refractivity contribution in [3.8, 4) is 34.1 Å². The normalized spacial score (nSPS) is 12.0. The average Bonchev–Trinajstić information content (AvgIpc) is 3.88. The first-order valence-electron chi connectivity index (χ1n) is 21.6. The first-order chi connectivity index (χ1) is 29.7. The summed E-state index contributed by atoms with van der Waals surface area (Å²) in [6.45, 7) is 24.4. The van der Waals surface area contributed by atoms with Gasteiger partial charge in [0.1, 0.15) is 0 Å². The summed E-state index contributed by atoms with van der Waals surface area (Å²) in [4.78, 5) is 0. The maximum atomic E-state index is 6.52. The first kappa shape index (κ1) is 51.8. The van der Waals surface area contributed by atoms with E-state index < -0.39 is 15.8 Å². The molecule has 2 heterocycles. The van der Waals surface area contributed by atoms with Gasteiger partial charge in [-0.2, -0.15) is 0 Å². The summed E-state index contributed by atoms with van der Waals surface area (Å²) in [5, 5.41) is 7.61. The van der Waals surface area contributed by atoms with E-state index in [1.54, 1.807) is 0 Å². The molecule has 0 aliphatic carbocycles. The summed E-state index contributed by atoms with van der Waals surface area (Å²) in [5.41, 5.74) is 14.8. The molecule has 0 aromatic heterocycles. The van der Waals surface area contributed by atoms with Crippen molar-refractivity contribution < 1.29 is 63.2 Å². The predicted octanol–water partition coefficient (Wildman–Crippen LogP) is 5.92. The molecule has 2 aliphatic rings. The third-order valence-electron chi connectivity index (χ3n) is 11.4. The first-order valence-corrected chi connectivity index (χ1v) is 24.3. The van der Waals surface area contributed by atoms with Gasteiger partial charge in [-0.3, -0.25) is 0 Å². The van der Waals surface area contributed by atoms with Crippen LogP contribution in [0.2, 0.25) is 0 Å². The maximum Gasteiger partial charge on any atom is 3.00 e. The molecule has 7 aromatic carbocycles. The molecule has 0 saturated carbocycles. The van der Waals surface area contributed by atoms with Crippen molar-refractivity contribution in [1.29, 1.82) is 0 Å². The Hall–Kier alpha value is -4.20. The Bertz CT molecular complexity index is 2460. The Balaban J connectivity index is 0.000000543. The second-order valence-corrected chi connectivity index (χ2v) is 21.9. The molecule has 0 amide bonds. The van der Waals surface area contributed by atoms with Crippen LogP contribution >= 0.6 is 15.8 Å². The largest absolute Gasteiger partial charge is 3.00 e. The molecule has 2 aliphatic heterocycles. The van der Waals surface area contributed by atoms with Gasteiger partial charge >= 0.3 is 19.5 Å². The van der Waals surface area contributed by atoms with Crippen molar-refractivity contribution in [2.45, 2.75) is 82.1 Å². The number of aryl methyl sites for hydroxylation is 9. The van der Waals surface area contributed by atoms with Crippen LogP contribution < -0.4 is 75.6 Å². The molecule has 0 unspecified atom stereocenters. The summed E-state index contributed by atoms with van der Waals surface area (Å²) in [6.07, 6.45) is 0. The van der Waals surface area contributed by atoms with E-state index in [0.717, 1.165) is 34.1 Å². The van der Waals surface area contributed by atoms with Gasteiger partial charge in [0, 0.05) is 11.1 Å². The van der Waals surface area contributed by atoms with E-state index in [1.807, 2.05) is 0 Å². The van der Waals surface area contributed by atoms with Crippen molar-refractivity contribution in [2.75, 3.05) is 13.6 Å². The second-order valence-electron chi connectivity index (χ2n) is 17.5. The van der Waals surface area contributed by atoms with E-state index >= 15 is 0 Å². The van der Waals surface area contributed by atoms with Crippen LogP contribution in [0.4, 0.5) is 0 Å². The van der Waals surface area contributed by atoms with Crippen LogP contribution in [0.25, 0.3) is 11.1 Å². The third kappa shape index (κ3) is 11.5. The van der Waals surface area contributed by atoms with Gasteiger partial charge in [-0.05, 0) is 146 Å². The molecule has 1 radical (unpaired) electrons. The third-order valence-corrected chi connectivity index (χ3v) is 16.2. The molecule has 0 bridgehead atoms. The summed E-state index contributed by atoms with van der Waals surface area (Å²) in [5.74, 6) is 3.68. The predicted molar refractivity (Wildman–Crippen MR) is 265 cm³/mol. The van der Waals surface area contributed by atoms with Crippen LogP contribution in [-0.4, -0.2) is 13.6 Å². The fraction of sp³-hybridized carbons (Fsp3) is 0.250. The Morgan fingerprint density at radius 3 is 0.938 bits per heavy atom. The molecule has 337 valence electrons. The van der Waals surface area contributed by atoms with E-state index in [0.29, 0.717) is 5.92 Å². The molecule has 9 heteroatoms. The number of rotatable bonds is 8. The molecule has 9 rings (SSSR count). The molecule has 0 spiro atoms. The average molecular weight is 1030 g/mol. The van der Waals surface area contributed by atoms with Crippen LogP contribution in [0.15, 0.2) is 121 Å². The van der Waals surface area contributed by atoms with Gasteiger partial charge < -0.3 is 43.8 Å². The number of benzene rings is 7. The van der Waals surface area contributed by atoms with E-state index in [9.17, 15) is 0 Å². The standard InChI is InChI=1S/C46H44O4P2.C10H14.2ClH.Ru/c1-27-13-28(2)18-35(17-27)51(36-19-29(3)14-30(4)20-36)41-11-9-39-45(49-25-47-39)43(41)44-42(12-10-40-46(44)50-26-48-40)52(37-21-31(5)15-32(6)22-37)38-23-33(7)16-34(8)24-38;1-8(2)10-6-4-9(3)5-7-10;;;/h9-24H,25-26H2,1-8H3;4-8H,1-3H3;2*1H;/q;;;;+3/p-2. The molecule has 65 heavy (non-hydrogen) atoms. The number of hydrogen-bond acceptors (Lipinski definition) is 4. The molecule has 7 aromatic rings. The smallest absolute Gasteiger partial charge is 1.00 e. The van der Waals surface area contributed by atoms with E-state index in [1.165, 1.54) is 87.5 Å². The molecular weight excluding hydrogens is 971 g/mol. The fourth-order valence-corrected chi connectivity index (χ4v) is 14.6. The molecule has 4 nitrogen and oxygen atoms in total. The van der Waals surface area contributed by atoms with Crippen LogP contribution in [0.1, 0.15) is 75.4 Å². The molecule has 0 saturated heterocycles. The molecular formula is C56H58Cl2O4P2Ru+. The van der Waals surface area contributed by atoms with Gasteiger partial charge in [-0.25, -0.2) is 0 Å². The zero-order chi connectivity index (χ0) is 43.8. The monoisotopic (exact) mass is 1030 g/mol. The molecule has 0 atom stereocenters. The van der Waals surface area contributed by atoms with Gasteiger partial charge in [-0.15, -0.1) is 0 Å². The van der Waals surface area contributed by atoms with Gasteiger partial charge in [0.2, 0.25) is 13.6 Å². The maximum absolute atomic E-state index is 6.52. The number of fused-ring (bicyclic) bond motifs is 2. The Kier molecular flexibility index (Phi) is 17.6. The Morgan fingerprint density at radius 2 is 0.662 bits per heavy atom.